The van der Waals surface area contributed by atoms with Gasteiger partial charge in [-0.3, -0.25) is 4.79 Å². The maximum absolute atomic E-state index is 16.7. The Balaban J connectivity index is 0.710. The minimum Gasteiger partial charge on any atom is -0.458 e. The fraction of sp³-hybridized carbons (Fsp3) is 0.873. The molecule has 55 atom stereocenters. The quantitative estimate of drug-likeness (QED) is 0.00960. The molecular weight excluding hydrogens is 1990 g/mol. The molecule has 9 saturated heterocycles. The topological polar surface area (TPSA) is 742 Å². The number of fused-ring (bicyclic) bond motifs is 7. The lowest BCUT2D eigenvalue weighted by atomic mass is 9.33. The average molecular weight is 2160 g/mol. The zero-order valence-corrected chi connectivity index (χ0v) is 87.2. The maximum Gasteiger partial charge on any atom is 0.333 e. The fourth-order valence-electron chi connectivity index (χ4n) is 25.5. The van der Waals surface area contributed by atoms with Gasteiger partial charge in [-0.15, -0.1) is 13.2 Å². The Morgan fingerprint density at radius 1 is 0.413 bits per heavy atom. The van der Waals surface area contributed by atoms with Crippen molar-refractivity contribution in [3.8, 4) is 0 Å². The Morgan fingerprint density at radius 3 is 1.39 bits per heavy atom. The summed E-state index contributed by atoms with van der Waals surface area (Å²) in [6.45, 7) is 30.4. The molecule has 13 fully saturated rings. The normalized spacial score (nSPS) is 49.7. The Labute approximate surface area is 869 Å². The van der Waals surface area contributed by atoms with E-state index in [1.807, 2.05) is 27.7 Å². The van der Waals surface area contributed by atoms with Crippen LogP contribution in [-0.4, -0.2) is 472 Å². The first-order chi connectivity index (χ1) is 70.2. The summed E-state index contributed by atoms with van der Waals surface area (Å²) in [6, 6.07) is 0. The van der Waals surface area contributed by atoms with E-state index < -0.39 is 389 Å². The summed E-state index contributed by atoms with van der Waals surface area (Å²) in [5.41, 5.74) is -8.17. The molecule has 0 amide bonds. The van der Waals surface area contributed by atoms with Crippen molar-refractivity contribution in [2.24, 2.45) is 50.2 Å². The van der Waals surface area contributed by atoms with E-state index in [0.717, 1.165) is 5.57 Å². The first kappa shape index (κ1) is 121. The second kappa shape index (κ2) is 47.4. The number of carbonyl (C=O) groups excluding carboxylic acids is 3. The van der Waals surface area contributed by atoms with E-state index in [2.05, 4.69) is 40.0 Å². The smallest absolute Gasteiger partial charge is 0.333 e. The zero-order valence-electron chi connectivity index (χ0n) is 87.2. The van der Waals surface area contributed by atoms with Crippen LogP contribution in [0.2, 0.25) is 0 Å². The SMILES string of the molecule is C=C[C@](C)(CC/C=C(/C)C(=O)O[C@H]1[C@H](O)[C@@H](O)[C@H](O[C@](C)(C=C)CC/C=C(\C)C(=O)O[C@H]2C[C@]3(C(=O)O[C@@H]4O[C@H](CO)[C@@H](O)[C@H](O)[C@H]4O[C@@H]4O[C@@H](C)[C@H](O[C@@H]5OC[C@@H](O)[C@H](O)[C@H]5O)[C@@H](O)[C@H]4O)[C@H](O)C[C@]4(C)C(=CC[C@@H]5[C@@]6(C)CC[C@H](O[C@@H]7O[C@H](CO[C@@H]8O[C@H](C)[C@H](O)[C@H](O)[C@H]8O[C@@H]8OC[C@@H](O)[C@H](O)[C@H]8O)[C@@H](O)[C@H](O)[C@H]7O[C@@H]7O[C@H](CO)[C@@H](O)[C@H](O)[C@H]7O)C(C)(C)[C@@H]6CC[C@]54C)[C@@H]3CC2(C)C)O[C@@H]1C)O[C@@H]1O[C@H](C)[C@@H](O)[C@H](O)[C@H]1O. The van der Waals surface area contributed by atoms with E-state index in [-0.39, 0.29) is 67.9 Å². The predicted molar refractivity (Wildman–Crippen MR) is 506 cm³/mol. The van der Waals surface area contributed by atoms with Crippen molar-refractivity contribution in [2.45, 2.75) is 475 Å². The molecule has 9 aliphatic heterocycles. The average Bonchev–Trinajstić information content (AvgIpc) is 0.665. The van der Waals surface area contributed by atoms with Crippen molar-refractivity contribution in [1.29, 1.82) is 0 Å². The molecule has 9 heterocycles. The highest BCUT2D eigenvalue weighted by Crippen LogP contribution is 2.77. The molecule has 0 aromatic rings. The number of esters is 3. The molecule has 0 radical (unpaired) electrons. The van der Waals surface area contributed by atoms with Crippen molar-refractivity contribution in [3.05, 3.63) is 60.3 Å². The minimum atomic E-state index is -2.17. The van der Waals surface area contributed by atoms with Gasteiger partial charge in [0.05, 0.1) is 80.9 Å². The summed E-state index contributed by atoms with van der Waals surface area (Å²) in [4.78, 5) is 45.4. The number of hydrogen-bond donors (Lipinski definition) is 25. The van der Waals surface area contributed by atoms with Crippen molar-refractivity contribution in [1.82, 2.24) is 0 Å². The lowest BCUT2D eigenvalue weighted by molar-refractivity contribution is -0.385. The summed E-state index contributed by atoms with van der Waals surface area (Å²) < 4.78 is 122. The molecule has 14 aliphatic rings. The molecule has 14 rings (SSSR count). The fourth-order valence-corrected chi connectivity index (χ4v) is 25.5. The van der Waals surface area contributed by atoms with Gasteiger partial charge in [0.1, 0.15) is 182 Å². The van der Waals surface area contributed by atoms with Crippen molar-refractivity contribution in [3.63, 3.8) is 0 Å². The lowest BCUT2D eigenvalue weighted by Gasteiger charge is -2.72. The van der Waals surface area contributed by atoms with Gasteiger partial charge in [0.2, 0.25) is 6.29 Å². The third-order valence-corrected chi connectivity index (χ3v) is 35.6. The number of ether oxygens (including phenoxy) is 20. The zero-order chi connectivity index (χ0) is 110. The maximum atomic E-state index is 16.7. The van der Waals surface area contributed by atoms with Crippen LogP contribution in [0.5, 0.6) is 0 Å². The van der Waals surface area contributed by atoms with E-state index in [0.29, 0.717) is 25.7 Å². The number of rotatable bonds is 33. The molecular formula is C102H162O48. The van der Waals surface area contributed by atoms with Crippen LogP contribution in [-0.2, 0) is 109 Å². The number of hydrogen-bond acceptors (Lipinski definition) is 48. The Kier molecular flexibility index (Phi) is 38.2. The molecule has 0 aromatic carbocycles. The van der Waals surface area contributed by atoms with Crippen LogP contribution >= 0.6 is 0 Å². The van der Waals surface area contributed by atoms with E-state index in [1.165, 1.54) is 53.7 Å². The van der Waals surface area contributed by atoms with Crippen LogP contribution in [0, 0.1) is 50.2 Å². The Hall–Kier alpha value is -4.57. The van der Waals surface area contributed by atoms with E-state index in [9.17, 15) is 132 Å². The van der Waals surface area contributed by atoms with Gasteiger partial charge >= 0.3 is 17.9 Å². The Bertz CT molecular complexity index is 4640. The van der Waals surface area contributed by atoms with Gasteiger partial charge in [0, 0.05) is 23.0 Å². The second-order valence-electron chi connectivity index (χ2n) is 46.2. The standard InChI is InChI=1S/C102H162O48/c1-18-97(13,149-89-75(125)65(115)58(108)42(5)134-89)29-21-23-41(4)84(129)143-78-44(7)137-90(77(127)71(78)121)150-98(14,19-2)28-20-22-40(3)83(128)141-57-34-102(94(130)148-93-82(68(118)63(113)51(36-104)139-93)146-87-76(126)70(120)79(45(8)136-87)144-85-72(122)60(110)48(105)37-131-85)47(32-95(57,9)10)46-24-25-54-99(15)30-27-56(96(11,12)53(99)26-31-100(54,16)101(46,17)33-55(102)107)142-92-81(147-88-74(124)66(116)62(112)50(35-103)138-88)69(119)64(114)52(140-92)39-133-91-80(67(117)59(109)43(6)135-91)145-86-73(123)61(111)49(106)38-132-86/h18-19,22-24,42-45,47-82,85-93,103-127H,1-2,20-21,25-39H2,3-17H3/b40-22+,41-23-/t42-,43-,44-,45+,47+,48-,49-,50-,51-,52-,53+,54-,55-,56+,57+,58-,59+,60+,61+,62-,63-,64-,65+,66+,67+,68+,69+,70+,71-,72-,73-,74-,75-,76-,77-,78-,79+,80-,81-,82-,85+,86+,87+,88+,89+,90+,91-,92+,93+,97-,98-,99+,100-,101-,102-/m1/s1. The Morgan fingerprint density at radius 2 is 0.833 bits per heavy atom. The van der Waals surface area contributed by atoms with Crippen molar-refractivity contribution < 1.29 is 237 Å². The molecule has 858 valence electrons. The van der Waals surface area contributed by atoms with Crippen molar-refractivity contribution in [2.75, 3.05) is 33.0 Å². The van der Waals surface area contributed by atoms with Crippen LogP contribution < -0.4 is 0 Å². The largest absolute Gasteiger partial charge is 0.458 e. The molecule has 4 saturated carbocycles. The molecule has 48 nitrogen and oxygen atoms in total. The van der Waals surface area contributed by atoms with Gasteiger partial charge in [-0.2, -0.15) is 0 Å². The van der Waals surface area contributed by atoms with Gasteiger partial charge in [0.25, 0.3) is 0 Å². The minimum absolute atomic E-state index is 0.00236. The predicted octanol–water partition coefficient (Wildman–Crippen LogP) is -5.16. The van der Waals surface area contributed by atoms with E-state index in [1.54, 1.807) is 26.0 Å². The molecule has 5 aliphatic carbocycles. The third-order valence-electron chi connectivity index (χ3n) is 35.6. The first-order valence-electron chi connectivity index (χ1n) is 52.1. The number of allylic oxidation sites excluding steroid dienone is 4. The third kappa shape index (κ3) is 23.3. The van der Waals surface area contributed by atoms with Gasteiger partial charge in [-0.05, 0) is 165 Å². The molecule has 0 spiro atoms. The van der Waals surface area contributed by atoms with Gasteiger partial charge in [-0.1, -0.05) is 84.4 Å². The van der Waals surface area contributed by atoms with E-state index >= 15 is 9.59 Å². The van der Waals surface area contributed by atoms with Crippen LogP contribution in [0.15, 0.2) is 60.3 Å². The summed E-state index contributed by atoms with van der Waals surface area (Å²) in [6.07, 6.45) is -67.2. The monoisotopic (exact) mass is 2160 g/mol. The van der Waals surface area contributed by atoms with Crippen molar-refractivity contribution >= 4 is 17.9 Å². The molecule has 25 N–H and O–H groups in total. The molecule has 150 heavy (non-hydrogen) atoms. The number of carbonyl (C=O) groups is 3. The summed E-state index contributed by atoms with van der Waals surface area (Å²) in [5.74, 6) is -4.41. The molecule has 0 bridgehead atoms. The molecule has 0 unspecified atom stereocenters. The summed E-state index contributed by atoms with van der Waals surface area (Å²) in [7, 11) is 0. The summed E-state index contributed by atoms with van der Waals surface area (Å²) in [5, 5.41) is 280. The van der Waals surface area contributed by atoms with Crippen LogP contribution in [0.1, 0.15) is 181 Å². The highest BCUT2D eigenvalue weighted by Gasteiger charge is 2.75. The molecule has 0 aromatic heterocycles. The van der Waals surface area contributed by atoms with Crippen LogP contribution in [0.3, 0.4) is 0 Å². The first-order valence-corrected chi connectivity index (χ1v) is 52.1. The molecule has 48 heteroatoms. The van der Waals surface area contributed by atoms with E-state index in [4.69, 9.17) is 94.7 Å². The number of aliphatic hydroxyl groups excluding tert-OH is 25. The van der Waals surface area contributed by atoms with Crippen LogP contribution in [0.4, 0.5) is 0 Å². The number of aliphatic hydroxyl groups is 25. The summed E-state index contributed by atoms with van der Waals surface area (Å²) >= 11 is 0. The second-order valence-corrected chi connectivity index (χ2v) is 46.2. The van der Waals surface area contributed by atoms with Gasteiger partial charge < -0.3 is 222 Å². The van der Waals surface area contributed by atoms with Gasteiger partial charge in [0.15, 0.2) is 62.5 Å². The highest BCUT2D eigenvalue weighted by molar-refractivity contribution is 5.88. The van der Waals surface area contributed by atoms with Gasteiger partial charge in [-0.25, -0.2) is 9.59 Å². The highest BCUT2D eigenvalue weighted by atomic mass is 16.8. The lowest BCUT2D eigenvalue weighted by Crippen LogP contribution is -2.70. The van der Waals surface area contributed by atoms with Crippen LogP contribution in [0.25, 0.3) is 0 Å².